The molecule has 0 saturated heterocycles. The molecule has 1 rings (SSSR count). The number of anilines is 1. The van der Waals surface area contributed by atoms with E-state index in [-0.39, 0.29) is 17.2 Å². The van der Waals surface area contributed by atoms with Crippen molar-refractivity contribution in [3.8, 4) is 0 Å². The van der Waals surface area contributed by atoms with Crippen LogP contribution in [0, 0.1) is 0 Å². The summed E-state index contributed by atoms with van der Waals surface area (Å²) in [6.07, 6.45) is 4.86. The normalized spacial score (nSPS) is 10.2. The van der Waals surface area contributed by atoms with Crippen LogP contribution in [-0.4, -0.2) is 17.0 Å². The number of carboxylic acids is 1. The molecule has 0 aliphatic rings. The van der Waals surface area contributed by atoms with Gasteiger partial charge in [-0.3, -0.25) is 4.79 Å². The van der Waals surface area contributed by atoms with Gasteiger partial charge in [0.05, 0.1) is 11.3 Å². The topological polar surface area (TPSA) is 66.4 Å². The Labute approximate surface area is 132 Å². The second-order valence-corrected chi connectivity index (χ2v) is 5.37. The zero-order chi connectivity index (χ0) is 16.0. The maximum Gasteiger partial charge on any atom is 0.337 e. The molecule has 5 heteroatoms. The number of rotatable bonds is 5. The molecular weight excluding hydrogens is 334 g/mol. The Kier molecular flexibility index (Phi) is 6.11. The third-order valence-electron chi connectivity index (χ3n) is 2.64. The van der Waals surface area contributed by atoms with Crippen LogP contribution in [0.3, 0.4) is 0 Å². The Bertz CT molecular complexity index is 641. The average Bonchev–Trinajstić information content (AvgIpc) is 2.40. The van der Waals surface area contributed by atoms with Gasteiger partial charge < -0.3 is 10.4 Å². The maximum absolute atomic E-state index is 12.3. The summed E-state index contributed by atoms with van der Waals surface area (Å²) in [4.78, 5) is 23.5. The van der Waals surface area contributed by atoms with E-state index in [0.29, 0.717) is 10.0 Å². The van der Waals surface area contributed by atoms with Gasteiger partial charge in [0.15, 0.2) is 0 Å². The van der Waals surface area contributed by atoms with Crippen LogP contribution in [0.2, 0.25) is 0 Å². The molecule has 1 amide bonds. The third kappa shape index (κ3) is 4.72. The van der Waals surface area contributed by atoms with Crippen LogP contribution in [0.25, 0.3) is 0 Å². The van der Waals surface area contributed by atoms with E-state index in [4.69, 9.17) is 0 Å². The van der Waals surface area contributed by atoms with E-state index in [9.17, 15) is 14.7 Å². The van der Waals surface area contributed by atoms with Gasteiger partial charge in [-0.25, -0.2) is 4.79 Å². The third-order valence-corrected chi connectivity index (χ3v) is 3.14. The van der Waals surface area contributed by atoms with Crippen molar-refractivity contribution in [2.24, 2.45) is 0 Å². The first-order chi connectivity index (χ1) is 9.86. The molecule has 0 aromatic heterocycles. The lowest BCUT2D eigenvalue weighted by Crippen LogP contribution is -2.16. The SMILES string of the molecule is C=C/C=C\C(C(=O)Nc1ccc(Br)cc1C(=O)O)=C(C)C. The molecule has 0 heterocycles. The molecule has 2 N–H and O–H groups in total. The van der Waals surface area contributed by atoms with Gasteiger partial charge in [-0.15, -0.1) is 0 Å². The smallest absolute Gasteiger partial charge is 0.337 e. The number of nitrogens with one attached hydrogen (secondary N) is 1. The van der Waals surface area contributed by atoms with Crippen molar-refractivity contribution >= 4 is 33.5 Å². The summed E-state index contributed by atoms with van der Waals surface area (Å²) in [6, 6.07) is 4.66. The highest BCUT2D eigenvalue weighted by atomic mass is 79.9. The van der Waals surface area contributed by atoms with Crippen LogP contribution in [-0.2, 0) is 4.79 Å². The molecule has 0 aliphatic carbocycles. The van der Waals surface area contributed by atoms with Gasteiger partial charge >= 0.3 is 5.97 Å². The van der Waals surface area contributed by atoms with Gasteiger partial charge in [0.25, 0.3) is 5.91 Å². The van der Waals surface area contributed by atoms with E-state index in [2.05, 4.69) is 27.8 Å². The first kappa shape index (κ1) is 16.9. The summed E-state index contributed by atoms with van der Waals surface area (Å²) in [5.74, 6) is -1.47. The van der Waals surface area contributed by atoms with Crippen LogP contribution < -0.4 is 5.32 Å². The van der Waals surface area contributed by atoms with Gasteiger partial charge in [0.1, 0.15) is 0 Å². The Hall–Kier alpha value is -2.14. The van der Waals surface area contributed by atoms with Crippen molar-refractivity contribution in [3.05, 3.63) is 64.2 Å². The number of hydrogen-bond donors (Lipinski definition) is 2. The number of benzene rings is 1. The lowest BCUT2D eigenvalue weighted by atomic mass is 10.1. The van der Waals surface area contributed by atoms with Crippen LogP contribution >= 0.6 is 15.9 Å². The molecule has 1 aromatic rings. The predicted molar refractivity (Wildman–Crippen MR) is 87.4 cm³/mol. The number of carboxylic acid groups (broad SMARTS) is 1. The molecular formula is C16H16BrNO3. The van der Waals surface area contributed by atoms with Crippen molar-refractivity contribution in [1.29, 1.82) is 0 Å². The Morgan fingerprint density at radius 3 is 2.52 bits per heavy atom. The minimum atomic E-state index is -1.10. The molecule has 1 aromatic carbocycles. The highest BCUT2D eigenvalue weighted by molar-refractivity contribution is 9.10. The Balaban J connectivity index is 3.13. The van der Waals surface area contributed by atoms with Gasteiger partial charge in [0.2, 0.25) is 0 Å². The number of carbonyl (C=O) groups excluding carboxylic acids is 1. The zero-order valence-electron chi connectivity index (χ0n) is 11.8. The first-order valence-corrected chi connectivity index (χ1v) is 6.97. The zero-order valence-corrected chi connectivity index (χ0v) is 13.4. The summed E-state index contributed by atoms with van der Waals surface area (Å²) in [7, 11) is 0. The largest absolute Gasteiger partial charge is 0.478 e. The van der Waals surface area contributed by atoms with Crippen molar-refractivity contribution in [1.82, 2.24) is 0 Å². The highest BCUT2D eigenvalue weighted by Gasteiger charge is 2.15. The number of carbonyl (C=O) groups is 2. The quantitative estimate of drug-likeness (QED) is 0.619. The van der Waals surface area contributed by atoms with Crippen molar-refractivity contribution in [3.63, 3.8) is 0 Å². The van der Waals surface area contributed by atoms with Crippen LogP contribution in [0.4, 0.5) is 5.69 Å². The van der Waals surface area contributed by atoms with Gasteiger partial charge in [-0.2, -0.15) is 0 Å². The summed E-state index contributed by atoms with van der Waals surface area (Å²) in [6.45, 7) is 7.17. The fraction of sp³-hybridized carbons (Fsp3) is 0.125. The number of amides is 1. The lowest BCUT2D eigenvalue weighted by Gasteiger charge is -2.10. The molecule has 0 atom stereocenters. The number of hydrogen-bond acceptors (Lipinski definition) is 2. The molecule has 0 fully saturated rings. The molecule has 0 spiro atoms. The summed E-state index contributed by atoms with van der Waals surface area (Å²) < 4.78 is 0.631. The molecule has 110 valence electrons. The predicted octanol–water partition coefficient (Wildman–Crippen LogP) is 4.16. The number of allylic oxidation sites excluding steroid dienone is 3. The van der Waals surface area contributed by atoms with Gasteiger partial charge in [0, 0.05) is 10.0 Å². The van der Waals surface area contributed by atoms with E-state index < -0.39 is 5.97 Å². The molecule has 0 saturated carbocycles. The minimum Gasteiger partial charge on any atom is -0.478 e. The standard InChI is InChI=1S/C16H16BrNO3/c1-4-5-6-12(10(2)3)15(19)18-14-8-7-11(17)9-13(14)16(20)21/h4-9H,1H2,2-3H3,(H,18,19)(H,20,21)/b6-5-. The highest BCUT2D eigenvalue weighted by Crippen LogP contribution is 2.22. The molecule has 0 radical (unpaired) electrons. The minimum absolute atomic E-state index is 0.0264. The second kappa shape index (κ2) is 7.59. The van der Waals surface area contributed by atoms with E-state index in [0.717, 1.165) is 5.57 Å². The molecule has 0 aliphatic heterocycles. The maximum atomic E-state index is 12.3. The Morgan fingerprint density at radius 2 is 2.00 bits per heavy atom. The molecule has 21 heavy (non-hydrogen) atoms. The van der Waals surface area contributed by atoms with E-state index in [1.807, 2.05) is 13.8 Å². The Morgan fingerprint density at radius 1 is 1.33 bits per heavy atom. The summed E-state index contributed by atoms with van der Waals surface area (Å²) in [5, 5.41) is 11.8. The van der Waals surface area contributed by atoms with Gasteiger partial charge in [-0.1, -0.05) is 40.2 Å². The fourth-order valence-electron chi connectivity index (χ4n) is 1.63. The number of halogens is 1. The second-order valence-electron chi connectivity index (χ2n) is 4.46. The monoisotopic (exact) mass is 349 g/mol. The van der Waals surface area contributed by atoms with Crippen LogP contribution in [0.5, 0.6) is 0 Å². The molecule has 0 unspecified atom stereocenters. The summed E-state index contributed by atoms with van der Waals surface area (Å²) >= 11 is 3.21. The summed E-state index contributed by atoms with van der Waals surface area (Å²) in [5.41, 5.74) is 1.56. The van der Waals surface area contributed by atoms with Crippen molar-refractivity contribution in [2.75, 3.05) is 5.32 Å². The molecule has 0 bridgehead atoms. The fourth-order valence-corrected chi connectivity index (χ4v) is 1.99. The first-order valence-electron chi connectivity index (χ1n) is 6.17. The van der Waals surface area contributed by atoms with Crippen LogP contribution in [0.15, 0.2) is 58.6 Å². The van der Waals surface area contributed by atoms with E-state index in [1.54, 1.807) is 30.4 Å². The van der Waals surface area contributed by atoms with E-state index >= 15 is 0 Å². The van der Waals surface area contributed by atoms with Crippen molar-refractivity contribution in [2.45, 2.75) is 13.8 Å². The van der Waals surface area contributed by atoms with E-state index in [1.165, 1.54) is 6.07 Å². The van der Waals surface area contributed by atoms with Crippen molar-refractivity contribution < 1.29 is 14.7 Å². The molecule has 4 nitrogen and oxygen atoms in total. The van der Waals surface area contributed by atoms with Gasteiger partial charge in [-0.05, 0) is 38.1 Å². The average molecular weight is 350 g/mol. The van der Waals surface area contributed by atoms with Crippen LogP contribution in [0.1, 0.15) is 24.2 Å². The lowest BCUT2D eigenvalue weighted by molar-refractivity contribution is -0.112. The number of aromatic carboxylic acids is 1.